The Morgan fingerprint density at radius 2 is 1.82 bits per heavy atom. The van der Waals surface area contributed by atoms with Gasteiger partial charge in [-0.1, -0.05) is 41.0 Å². The first-order valence-corrected chi connectivity index (χ1v) is 9.54. The Bertz CT molecular complexity index is 212. The van der Waals surface area contributed by atoms with Crippen LogP contribution in [0.3, 0.4) is 0 Å². The molecule has 1 saturated heterocycles. The summed E-state index contributed by atoms with van der Waals surface area (Å²) in [5.74, 6) is 0.661. The second kappa shape index (κ2) is 17.2. The van der Waals surface area contributed by atoms with E-state index in [9.17, 15) is 0 Å². The molecule has 0 aromatic rings. The van der Waals surface area contributed by atoms with Gasteiger partial charge in [-0.05, 0) is 71.8 Å². The van der Waals surface area contributed by atoms with Gasteiger partial charge in [-0.15, -0.1) is 0 Å². The molecule has 1 heterocycles. The van der Waals surface area contributed by atoms with Crippen LogP contribution >= 0.6 is 0 Å². The summed E-state index contributed by atoms with van der Waals surface area (Å²) in [6.07, 6.45) is 7.75. The average Bonchev–Trinajstić information content (AvgIpc) is 2.56. The standard InChI is InChI=1S/C9H21NO.C8H17N.C2H6/c1-4-10(3)7-5-9(2)6-8-11;1-3-8-6-4-5-7-9(8)2;1-2/h9,11H,4-8H2,1-3H3;8H,3-7H2,1-2H3;1-2H3. The van der Waals surface area contributed by atoms with E-state index in [1.165, 1.54) is 38.6 Å². The van der Waals surface area contributed by atoms with Crippen molar-refractivity contribution in [2.24, 2.45) is 5.92 Å². The van der Waals surface area contributed by atoms with Crippen LogP contribution in [0.1, 0.15) is 73.1 Å². The van der Waals surface area contributed by atoms with Crippen molar-refractivity contribution >= 4 is 0 Å². The molecule has 0 amide bonds. The van der Waals surface area contributed by atoms with Gasteiger partial charge in [0.05, 0.1) is 0 Å². The van der Waals surface area contributed by atoms with Crippen molar-refractivity contribution in [1.82, 2.24) is 9.80 Å². The van der Waals surface area contributed by atoms with Crippen molar-refractivity contribution in [1.29, 1.82) is 0 Å². The van der Waals surface area contributed by atoms with Gasteiger partial charge in [0.1, 0.15) is 0 Å². The quantitative estimate of drug-likeness (QED) is 0.760. The molecule has 3 heteroatoms. The van der Waals surface area contributed by atoms with Gasteiger partial charge in [-0.2, -0.15) is 0 Å². The summed E-state index contributed by atoms with van der Waals surface area (Å²) >= 11 is 0. The fourth-order valence-corrected chi connectivity index (χ4v) is 2.62. The molecule has 22 heavy (non-hydrogen) atoms. The summed E-state index contributed by atoms with van der Waals surface area (Å²) in [6, 6.07) is 0.888. The molecule has 0 aliphatic carbocycles. The van der Waals surface area contributed by atoms with Gasteiger partial charge in [0.2, 0.25) is 0 Å². The molecule has 0 aromatic heterocycles. The van der Waals surface area contributed by atoms with Gasteiger partial charge >= 0.3 is 0 Å². The molecular weight excluding hydrogens is 272 g/mol. The molecular formula is C19H44N2O. The van der Waals surface area contributed by atoms with Crippen LogP contribution in [0.25, 0.3) is 0 Å². The largest absolute Gasteiger partial charge is 0.396 e. The van der Waals surface area contributed by atoms with Crippen LogP contribution in [-0.2, 0) is 0 Å². The second-order valence-electron chi connectivity index (χ2n) is 6.34. The minimum Gasteiger partial charge on any atom is -0.396 e. The number of hydrogen-bond acceptors (Lipinski definition) is 3. The minimum atomic E-state index is 0.330. The molecule has 1 aliphatic heterocycles. The van der Waals surface area contributed by atoms with E-state index in [2.05, 4.69) is 44.7 Å². The fourth-order valence-electron chi connectivity index (χ4n) is 2.62. The van der Waals surface area contributed by atoms with E-state index in [0.717, 1.165) is 25.6 Å². The van der Waals surface area contributed by atoms with Crippen LogP contribution in [-0.4, -0.2) is 61.3 Å². The summed E-state index contributed by atoms with van der Waals surface area (Å²) in [5, 5.41) is 8.65. The highest BCUT2D eigenvalue weighted by molar-refractivity contribution is 4.71. The van der Waals surface area contributed by atoms with Crippen molar-refractivity contribution in [2.45, 2.75) is 79.2 Å². The molecule has 0 aromatic carbocycles. The van der Waals surface area contributed by atoms with E-state index >= 15 is 0 Å². The van der Waals surface area contributed by atoms with Gasteiger partial charge in [0.25, 0.3) is 0 Å². The Hall–Kier alpha value is -0.120. The lowest BCUT2D eigenvalue weighted by atomic mass is 10.0. The van der Waals surface area contributed by atoms with Crippen LogP contribution in [0, 0.1) is 5.92 Å². The van der Waals surface area contributed by atoms with Gasteiger partial charge in [-0.25, -0.2) is 0 Å². The fraction of sp³-hybridized carbons (Fsp3) is 1.00. The predicted octanol–water partition coefficient (Wildman–Crippen LogP) is 4.25. The van der Waals surface area contributed by atoms with Gasteiger partial charge in [0, 0.05) is 12.6 Å². The van der Waals surface area contributed by atoms with Crippen LogP contribution < -0.4 is 0 Å². The molecule has 2 unspecified atom stereocenters. The van der Waals surface area contributed by atoms with Crippen LogP contribution in [0.2, 0.25) is 0 Å². The first kappa shape index (κ1) is 24.1. The number of piperidine rings is 1. The zero-order valence-electron chi connectivity index (χ0n) is 16.6. The third-order valence-electron chi connectivity index (χ3n) is 4.56. The predicted molar refractivity (Wildman–Crippen MR) is 101 cm³/mol. The molecule has 0 radical (unpaired) electrons. The monoisotopic (exact) mass is 316 g/mol. The summed E-state index contributed by atoms with van der Waals surface area (Å²) in [6.45, 7) is 14.6. The normalized spacial score (nSPS) is 19.8. The summed E-state index contributed by atoms with van der Waals surface area (Å²) < 4.78 is 0. The lowest BCUT2D eigenvalue weighted by Crippen LogP contribution is -2.35. The zero-order valence-corrected chi connectivity index (χ0v) is 16.6. The van der Waals surface area contributed by atoms with Gasteiger partial charge < -0.3 is 14.9 Å². The Morgan fingerprint density at radius 1 is 1.18 bits per heavy atom. The number of likely N-dealkylation sites (tertiary alicyclic amines) is 1. The van der Waals surface area contributed by atoms with Crippen LogP contribution in [0.4, 0.5) is 0 Å². The lowest BCUT2D eigenvalue weighted by Gasteiger charge is -2.31. The zero-order chi connectivity index (χ0) is 17.4. The number of aliphatic hydroxyl groups is 1. The molecule has 0 saturated carbocycles. The van der Waals surface area contributed by atoms with E-state index in [1.807, 2.05) is 13.8 Å². The summed E-state index contributed by atoms with van der Waals surface area (Å²) in [4.78, 5) is 4.79. The Morgan fingerprint density at radius 3 is 2.23 bits per heavy atom. The second-order valence-corrected chi connectivity index (χ2v) is 6.34. The van der Waals surface area contributed by atoms with E-state index in [1.54, 1.807) is 0 Å². The maximum atomic E-state index is 8.65. The Kier molecular flexibility index (Phi) is 18.9. The van der Waals surface area contributed by atoms with Crippen molar-refractivity contribution in [3.8, 4) is 0 Å². The maximum Gasteiger partial charge on any atom is 0.0433 e. The van der Waals surface area contributed by atoms with Crippen LogP contribution in [0.5, 0.6) is 0 Å². The highest BCUT2D eigenvalue weighted by Gasteiger charge is 2.15. The number of nitrogens with zero attached hydrogens (tertiary/aromatic N) is 2. The molecule has 1 aliphatic rings. The first-order chi connectivity index (χ1) is 10.5. The molecule has 136 valence electrons. The van der Waals surface area contributed by atoms with Crippen molar-refractivity contribution in [3.63, 3.8) is 0 Å². The van der Waals surface area contributed by atoms with Gasteiger partial charge in [-0.3, -0.25) is 0 Å². The molecule has 0 spiro atoms. The van der Waals surface area contributed by atoms with E-state index < -0.39 is 0 Å². The van der Waals surface area contributed by atoms with E-state index in [-0.39, 0.29) is 0 Å². The minimum absolute atomic E-state index is 0.330. The smallest absolute Gasteiger partial charge is 0.0433 e. The van der Waals surface area contributed by atoms with E-state index in [0.29, 0.717) is 12.5 Å². The van der Waals surface area contributed by atoms with Crippen molar-refractivity contribution in [2.75, 3.05) is 40.3 Å². The molecule has 0 bridgehead atoms. The molecule has 1 N–H and O–H groups in total. The van der Waals surface area contributed by atoms with E-state index in [4.69, 9.17) is 5.11 Å². The third-order valence-corrected chi connectivity index (χ3v) is 4.56. The number of rotatable bonds is 7. The van der Waals surface area contributed by atoms with Gasteiger partial charge in [0.15, 0.2) is 0 Å². The molecule has 1 rings (SSSR count). The van der Waals surface area contributed by atoms with Crippen molar-refractivity contribution in [3.05, 3.63) is 0 Å². The average molecular weight is 317 g/mol. The van der Waals surface area contributed by atoms with Crippen LogP contribution in [0.15, 0.2) is 0 Å². The molecule has 1 fully saturated rings. The summed E-state index contributed by atoms with van der Waals surface area (Å²) in [7, 11) is 4.37. The summed E-state index contributed by atoms with van der Waals surface area (Å²) in [5.41, 5.74) is 0. The third kappa shape index (κ3) is 13.5. The Labute approximate surface area is 141 Å². The molecule has 2 atom stereocenters. The number of hydrogen-bond donors (Lipinski definition) is 1. The highest BCUT2D eigenvalue weighted by atomic mass is 16.3. The first-order valence-electron chi connectivity index (χ1n) is 9.54. The maximum absolute atomic E-state index is 8.65. The van der Waals surface area contributed by atoms with Crippen molar-refractivity contribution < 1.29 is 5.11 Å². The topological polar surface area (TPSA) is 26.7 Å². The lowest BCUT2D eigenvalue weighted by molar-refractivity contribution is 0.181. The highest BCUT2D eigenvalue weighted by Crippen LogP contribution is 2.16. The molecule has 3 nitrogen and oxygen atoms in total. The SMILES string of the molecule is CC.CCC1CCCCN1C.CCN(C)CCC(C)CCO. The number of aliphatic hydroxyl groups excluding tert-OH is 1. The Balaban J connectivity index is 0.